The molecule has 3 heteroatoms. The predicted molar refractivity (Wildman–Crippen MR) is 79.9 cm³/mol. The molecule has 1 saturated carbocycles. The van der Waals surface area contributed by atoms with E-state index in [4.69, 9.17) is 0 Å². The molecule has 1 spiro atoms. The Kier molecular flexibility index (Phi) is 4.01. The van der Waals surface area contributed by atoms with E-state index in [0.717, 1.165) is 19.3 Å². The molecular formula is C17H29NO2. The average molecular weight is 279 g/mol. The molecule has 0 aromatic rings. The van der Waals surface area contributed by atoms with Gasteiger partial charge >= 0.3 is 0 Å². The minimum atomic E-state index is -0.106. The zero-order valence-corrected chi connectivity index (χ0v) is 13.6. The second kappa shape index (κ2) is 5.16. The standard InChI is InChI=1S/C17H29NO2/c1-11(2)6-13-15(20)18-14(19)9-17(13)8-12(3)7-16(4,5)10-17/h11-13H,6-10H2,1-5H3,(H,18,19,20). The number of carbonyl (C=O) groups excluding carboxylic acids is 2. The molecule has 3 unspecified atom stereocenters. The normalized spacial score (nSPS) is 37.3. The number of carbonyl (C=O) groups is 2. The first-order valence-electron chi connectivity index (χ1n) is 7.97. The number of piperidine rings is 1. The van der Waals surface area contributed by atoms with E-state index in [1.165, 1.54) is 6.42 Å². The largest absolute Gasteiger partial charge is 0.296 e. The van der Waals surface area contributed by atoms with E-state index in [0.29, 0.717) is 18.3 Å². The van der Waals surface area contributed by atoms with Gasteiger partial charge in [-0.3, -0.25) is 14.9 Å². The average Bonchev–Trinajstić information content (AvgIpc) is 2.19. The molecule has 0 aromatic heterocycles. The third-order valence-electron chi connectivity index (χ3n) is 5.02. The van der Waals surface area contributed by atoms with Crippen LogP contribution in [0.4, 0.5) is 0 Å². The van der Waals surface area contributed by atoms with Crippen molar-refractivity contribution in [1.29, 1.82) is 0 Å². The van der Waals surface area contributed by atoms with E-state index in [1.807, 2.05) is 0 Å². The zero-order chi connectivity index (χ0) is 15.1. The first-order chi connectivity index (χ1) is 9.13. The smallest absolute Gasteiger partial charge is 0.230 e. The van der Waals surface area contributed by atoms with Crippen molar-refractivity contribution < 1.29 is 9.59 Å². The minimum absolute atomic E-state index is 0.00206. The number of amides is 2. The van der Waals surface area contributed by atoms with Crippen molar-refractivity contribution >= 4 is 11.8 Å². The van der Waals surface area contributed by atoms with E-state index in [9.17, 15) is 9.59 Å². The van der Waals surface area contributed by atoms with Gasteiger partial charge in [-0.25, -0.2) is 0 Å². The van der Waals surface area contributed by atoms with Gasteiger partial charge in [0, 0.05) is 12.3 Å². The Morgan fingerprint density at radius 3 is 2.45 bits per heavy atom. The van der Waals surface area contributed by atoms with Crippen LogP contribution in [-0.4, -0.2) is 11.8 Å². The van der Waals surface area contributed by atoms with Crippen molar-refractivity contribution in [3.05, 3.63) is 0 Å². The summed E-state index contributed by atoms with van der Waals surface area (Å²) in [5, 5.41) is 2.57. The fraction of sp³-hybridized carbons (Fsp3) is 0.882. The molecule has 1 saturated heterocycles. The molecule has 0 radical (unpaired) electrons. The van der Waals surface area contributed by atoms with Gasteiger partial charge in [-0.2, -0.15) is 0 Å². The van der Waals surface area contributed by atoms with Crippen LogP contribution < -0.4 is 5.32 Å². The Morgan fingerprint density at radius 2 is 1.90 bits per heavy atom. The van der Waals surface area contributed by atoms with Gasteiger partial charge < -0.3 is 0 Å². The van der Waals surface area contributed by atoms with Crippen molar-refractivity contribution in [2.45, 2.75) is 66.7 Å². The maximum atomic E-state index is 12.4. The first kappa shape index (κ1) is 15.5. The lowest BCUT2D eigenvalue weighted by atomic mass is 9.52. The summed E-state index contributed by atoms with van der Waals surface area (Å²) in [5.41, 5.74) is 0.121. The van der Waals surface area contributed by atoms with Crippen LogP contribution in [0, 0.1) is 28.6 Å². The zero-order valence-electron chi connectivity index (χ0n) is 13.6. The Labute approximate surface area is 122 Å². The summed E-state index contributed by atoms with van der Waals surface area (Å²) in [6.45, 7) is 11.2. The summed E-state index contributed by atoms with van der Waals surface area (Å²) in [6, 6.07) is 0. The second-order valence-electron chi connectivity index (χ2n) is 8.49. The van der Waals surface area contributed by atoms with Crippen LogP contribution >= 0.6 is 0 Å². The fourth-order valence-corrected chi connectivity index (χ4v) is 5.03. The molecule has 20 heavy (non-hydrogen) atoms. The Morgan fingerprint density at radius 1 is 1.25 bits per heavy atom. The summed E-state index contributed by atoms with van der Waals surface area (Å²) in [7, 11) is 0. The van der Waals surface area contributed by atoms with Gasteiger partial charge in [0.1, 0.15) is 0 Å². The molecule has 2 aliphatic rings. The van der Waals surface area contributed by atoms with Crippen molar-refractivity contribution in [1.82, 2.24) is 5.32 Å². The SMILES string of the molecule is CC(C)CC1C(=O)NC(=O)CC12CC(C)CC(C)(C)C2. The number of hydrogen-bond donors (Lipinski definition) is 1. The molecule has 1 heterocycles. The van der Waals surface area contributed by atoms with Gasteiger partial charge in [0.25, 0.3) is 0 Å². The monoisotopic (exact) mass is 279 g/mol. The van der Waals surface area contributed by atoms with Crippen molar-refractivity contribution in [2.75, 3.05) is 0 Å². The third kappa shape index (κ3) is 3.07. The minimum Gasteiger partial charge on any atom is -0.296 e. The lowest BCUT2D eigenvalue weighted by Crippen LogP contribution is -2.55. The van der Waals surface area contributed by atoms with Gasteiger partial charge in [-0.05, 0) is 48.3 Å². The first-order valence-corrected chi connectivity index (χ1v) is 7.97. The molecule has 0 bridgehead atoms. The molecule has 2 rings (SSSR count). The highest BCUT2D eigenvalue weighted by atomic mass is 16.2. The Balaban J connectivity index is 2.35. The number of nitrogens with one attached hydrogen (secondary N) is 1. The molecule has 114 valence electrons. The van der Waals surface area contributed by atoms with Gasteiger partial charge in [0.2, 0.25) is 11.8 Å². The van der Waals surface area contributed by atoms with Gasteiger partial charge in [0.15, 0.2) is 0 Å². The molecule has 0 aromatic carbocycles. The maximum Gasteiger partial charge on any atom is 0.230 e. The van der Waals surface area contributed by atoms with Crippen LogP contribution in [-0.2, 0) is 9.59 Å². The summed E-state index contributed by atoms with van der Waals surface area (Å²) in [5.74, 6) is 0.977. The quantitative estimate of drug-likeness (QED) is 0.786. The van der Waals surface area contributed by atoms with Crippen molar-refractivity contribution in [3.63, 3.8) is 0 Å². The summed E-state index contributed by atoms with van der Waals surface area (Å²) in [6.07, 6.45) is 4.64. The second-order valence-corrected chi connectivity index (χ2v) is 8.49. The van der Waals surface area contributed by atoms with Crippen molar-refractivity contribution in [3.8, 4) is 0 Å². The number of imide groups is 1. The lowest BCUT2D eigenvalue weighted by molar-refractivity contribution is -0.150. The third-order valence-corrected chi connectivity index (χ3v) is 5.02. The molecule has 2 amide bonds. The maximum absolute atomic E-state index is 12.4. The molecule has 1 aliphatic carbocycles. The van der Waals surface area contributed by atoms with Gasteiger partial charge in [-0.15, -0.1) is 0 Å². The highest BCUT2D eigenvalue weighted by Crippen LogP contribution is 2.56. The summed E-state index contributed by atoms with van der Waals surface area (Å²) in [4.78, 5) is 24.4. The van der Waals surface area contributed by atoms with Crippen molar-refractivity contribution in [2.24, 2.45) is 28.6 Å². The molecule has 1 aliphatic heterocycles. The van der Waals surface area contributed by atoms with E-state index >= 15 is 0 Å². The molecule has 2 fully saturated rings. The molecule has 1 N–H and O–H groups in total. The summed E-state index contributed by atoms with van der Waals surface area (Å²) >= 11 is 0. The van der Waals surface area contributed by atoms with Crippen LogP contribution in [0.1, 0.15) is 66.7 Å². The van der Waals surface area contributed by atoms with Gasteiger partial charge in [0.05, 0.1) is 0 Å². The number of hydrogen-bond acceptors (Lipinski definition) is 2. The number of rotatable bonds is 2. The van der Waals surface area contributed by atoms with Crippen LogP contribution in [0.3, 0.4) is 0 Å². The van der Waals surface area contributed by atoms with E-state index < -0.39 is 0 Å². The molecular weight excluding hydrogens is 250 g/mol. The fourth-order valence-electron chi connectivity index (χ4n) is 5.03. The van der Waals surface area contributed by atoms with Crippen LogP contribution in [0.15, 0.2) is 0 Å². The topological polar surface area (TPSA) is 46.2 Å². The van der Waals surface area contributed by atoms with E-state index in [1.54, 1.807) is 0 Å². The molecule has 3 atom stereocenters. The Hall–Kier alpha value is -0.860. The van der Waals surface area contributed by atoms with Crippen LogP contribution in [0.25, 0.3) is 0 Å². The van der Waals surface area contributed by atoms with Gasteiger partial charge in [-0.1, -0.05) is 34.6 Å². The Bertz CT molecular complexity index is 413. The predicted octanol–water partition coefficient (Wildman–Crippen LogP) is 3.53. The van der Waals surface area contributed by atoms with E-state index in [2.05, 4.69) is 39.9 Å². The summed E-state index contributed by atoms with van der Waals surface area (Å²) < 4.78 is 0. The van der Waals surface area contributed by atoms with E-state index in [-0.39, 0.29) is 28.6 Å². The lowest BCUT2D eigenvalue weighted by Gasteiger charge is -2.52. The molecule has 3 nitrogen and oxygen atoms in total. The van der Waals surface area contributed by atoms with Crippen LogP contribution in [0.5, 0.6) is 0 Å². The van der Waals surface area contributed by atoms with Crippen LogP contribution in [0.2, 0.25) is 0 Å². The highest BCUT2D eigenvalue weighted by Gasteiger charge is 2.53. The highest BCUT2D eigenvalue weighted by molar-refractivity contribution is 5.99.